The van der Waals surface area contributed by atoms with E-state index in [9.17, 15) is 0 Å². The molecular weight excluding hydrogens is 250 g/mol. The summed E-state index contributed by atoms with van der Waals surface area (Å²) >= 11 is 0. The predicted octanol–water partition coefficient (Wildman–Crippen LogP) is 3.13. The van der Waals surface area contributed by atoms with Crippen molar-refractivity contribution in [1.29, 1.82) is 0 Å². The third-order valence-electron chi connectivity index (χ3n) is 5.78. The second-order valence-electron chi connectivity index (χ2n) is 7.50. The summed E-state index contributed by atoms with van der Waals surface area (Å²) in [6.45, 7) is 7.51. The van der Waals surface area contributed by atoms with Gasteiger partial charge in [0.05, 0.1) is 5.60 Å². The van der Waals surface area contributed by atoms with E-state index in [1.54, 1.807) is 0 Å². The minimum Gasteiger partial charge on any atom is -0.381 e. The Hall–Kier alpha value is -0.120. The van der Waals surface area contributed by atoms with Gasteiger partial charge in [0.2, 0.25) is 0 Å². The monoisotopic (exact) mass is 281 g/mol. The Morgan fingerprint density at radius 1 is 1.00 bits per heavy atom. The van der Waals surface area contributed by atoms with Gasteiger partial charge in [0.25, 0.3) is 0 Å². The van der Waals surface area contributed by atoms with Gasteiger partial charge < -0.3 is 14.8 Å². The number of hydrogen-bond acceptors (Lipinski definition) is 3. The second-order valence-corrected chi connectivity index (χ2v) is 7.50. The Labute approximate surface area is 123 Å². The van der Waals surface area contributed by atoms with Gasteiger partial charge in [0.15, 0.2) is 0 Å². The molecule has 1 spiro atoms. The summed E-state index contributed by atoms with van der Waals surface area (Å²) in [5.41, 5.74) is 0.124. The largest absolute Gasteiger partial charge is 0.381 e. The summed E-state index contributed by atoms with van der Waals surface area (Å²) in [5.74, 6) is 1.74. The van der Waals surface area contributed by atoms with Crippen molar-refractivity contribution in [3.63, 3.8) is 0 Å². The van der Waals surface area contributed by atoms with Gasteiger partial charge in [0, 0.05) is 31.9 Å². The van der Waals surface area contributed by atoms with Crippen LogP contribution in [0.4, 0.5) is 0 Å². The normalized spacial score (nSPS) is 41.7. The summed E-state index contributed by atoms with van der Waals surface area (Å²) in [6, 6.07) is 1.38. The van der Waals surface area contributed by atoms with Crippen molar-refractivity contribution in [2.75, 3.05) is 19.8 Å². The van der Waals surface area contributed by atoms with Crippen LogP contribution in [0.1, 0.15) is 58.8 Å². The van der Waals surface area contributed by atoms with Gasteiger partial charge in [-0.1, -0.05) is 13.8 Å². The minimum absolute atomic E-state index is 0.124. The lowest BCUT2D eigenvalue weighted by Gasteiger charge is -2.45. The summed E-state index contributed by atoms with van der Waals surface area (Å²) in [7, 11) is 0. The lowest BCUT2D eigenvalue weighted by molar-refractivity contribution is -0.141. The van der Waals surface area contributed by atoms with Gasteiger partial charge >= 0.3 is 0 Å². The van der Waals surface area contributed by atoms with Gasteiger partial charge in [-0.15, -0.1) is 0 Å². The second kappa shape index (κ2) is 6.33. The summed E-state index contributed by atoms with van der Waals surface area (Å²) in [4.78, 5) is 0. The molecule has 1 aliphatic carbocycles. The lowest BCUT2D eigenvalue weighted by Crippen LogP contribution is -2.53. The van der Waals surface area contributed by atoms with Gasteiger partial charge in [-0.05, 0) is 56.8 Å². The molecule has 0 aromatic rings. The number of hydrogen-bond donors (Lipinski definition) is 1. The van der Waals surface area contributed by atoms with Crippen LogP contribution in [0, 0.1) is 11.8 Å². The average Bonchev–Trinajstić information content (AvgIpc) is 2.43. The molecule has 20 heavy (non-hydrogen) atoms. The van der Waals surface area contributed by atoms with Crippen LogP contribution in [-0.2, 0) is 9.47 Å². The fourth-order valence-corrected chi connectivity index (χ4v) is 4.48. The minimum atomic E-state index is 0.124. The summed E-state index contributed by atoms with van der Waals surface area (Å²) in [5, 5.41) is 3.98. The lowest BCUT2D eigenvalue weighted by atomic mass is 9.78. The zero-order valence-electron chi connectivity index (χ0n) is 13.2. The van der Waals surface area contributed by atoms with Crippen LogP contribution in [0.15, 0.2) is 0 Å². The van der Waals surface area contributed by atoms with Gasteiger partial charge in [0.1, 0.15) is 0 Å². The Kier molecular flexibility index (Phi) is 4.68. The van der Waals surface area contributed by atoms with Crippen LogP contribution in [-0.4, -0.2) is 37.5 Å². The Balaban J connectivity index is 1.54. The molecule has 3 aliphatic rings. The average molecular weight is 281 g/mol. The van der Waals surface area contributed by atoms with Gasteiger partial charge in [-0.3, -0.25) is 0 Å². The highest BCUT2D eigenvalue weighted by Gasteiger charge is 2.40. The molecule has 0 bridgehead atoms. The fraction of sp³-hybridized carbons (Fsp3) is 1.00. The molecule has 4 unspecified atom stereocenters. The Morgan fingerprint density at radius 2 is 1.80 bits per heavy atom. The molecule has 3 rings (SSSR count). The highest BCUT2D eigenvalue weighted by molar-refractivity contribution is 4.93. The maximum atomic E-state index is 6.15. The first-order valence-corrected chi connectivity index (χ1v) is 8.65. The van der Waals surface area contributed by atoms with Crippen LogP contribution in [0.5, 0.6) is 0 Å². The number of rotatable bonds is 2. The van der Waals surface area contributed by atoms with Crippen molar-refractivity contribution in [2.24, 2.45) is 11.8 Å². The van der Waals surface area contributed by atoms with Gasteiger partial charge in [-0.2, -0.15) is 0 Å². The van der Waals surface area contributed by atoms with E-state index < -0.39 is 0 Å². The van der Waals surface area contributed by atoms with E-state index in [1.165, 1.54) is 32.1 Å². The van der Waals surface area contributed by atoms with E-state index in [2.05, 4.69) is 19.2 Å². The van der Waals surface area contributed by atoms with Crippen molar-refractivity contribution in [1.82, 2.24) is 5.32 Å². The Morgan fingerprint density at radius 3 is 2.55 bits per heavy atom. The standard InChI is InChI=1S/C17H31NO2/c1-13-3-4-16(14(2)11-13)18-15-5-8-20-17(12-15)6-9-19-10-7-17/h13-16,18H,3-12H2,1-2H3. The maximum Gasteiger partial charge on any atom is 0.0741 e. The molecule has 0 amide bonds. The molecule has 1 N–H and O–H groups in total. The smallest absolute Gasteiger partial charge is 0.0741 e. The highest BCUT2D eigenvalue weighted by Crippen LogP contribution is 2.36. The molecule has 116 valence electrons. The first-order chi connectivity index (χ1) is 9.67. The Bertz CT molecular complexity index is 309. The van der Waals surface area contributed by atoms with E-state index in [0.29, 0.717) is 6.04 Å². The molecule has 0 radical (unpaired) electrons. The van der Waals surface area contributed by atoms with E-state index >= 15 is 0 Å². The third-order valence-corrected chi connectivity index (χ3v) is 5.78. The molecule has 0 aromatic carbocycles. The van der Waals surface area contributed by atoms with Crippen LogP contribution >= 0.6 is 0 Å². The van der Waals surface area contributed by atoms with E-state index in [-0.39, 0.29) is 5.60 Å². The molecule has 2 heterocycles. The van der Waals surface area contributed by atoms with Gasteiger partial charge in [-0.25, -0.2) is 0 Å². The molecule has 2 saturated heterocycles. The first kappa shape index (κ1) is 14.8. The molecule has 3 heteroatoms. The van der Waals surface area contributed by atoms with Crippen molar-refractivity contribution < 1.29 is 9.47 Å². The highest BCUT2D eigenvalue weighted by atomic mass is 16.5. The molecule has 2 aliphatic heterocycles. The quantitative estimate of drug-likeness (QED) is 0.843. The van der Waals surface area contributed by atoms with Crippen molar-refractivity contribution in [3.05, 3.63) is 0 Å². The summed E-state index contributed by atoms with van der Waals surface area (Å²) in [6.07, 6.45) is 8.68. The SMILES string of the molecule is CC1CCC(NC2CCOC3(CCOCC3)C2)C(C)C1. The molecule has 0 aromatic heterocycles. The first-order valence-electron chi connectivity index (χ1n) is 8.65. The molecular formula is C17H31NO2. The fourth-order valence-electron chi connectivity index (χ4n) is 4.48. The summed E-state index contributed by atoms with van der Waals surface area (Å²) < 4.78 is 11.7. The molecule has 4 atom stereocenters. The van der Waals surface area contributed by atoms with Crippen LogP contribution < -0.4 is 5.32 Å². The van der Waals surface area contributed by atoms with Crippen LogP contribution in [0.3, 0.4) is 0 Å². The predicted molar refractivity (Wildman–Crippen MR) is 80.9 cm³/mol. The van der Waals surface area contributed by atoms with E-state index in [4.69, 9.17) is 9.47 Å². The zero-order valence-corrected chi connectivity index (χ0v) is 13.2. The van der Waals surface area contributed by atoms with E-state index in [0.717, 1.165) is 50.5 Å². The third kappa shape index (κ3) is 3.37. The molecule has 3 fully saturated rings. The number of nitrogens with one attached hydrogen (secondary N) is 1. The maximum absolute atomic E-state index is 6.15. The molecule has 3 nitrogen and oxygen atoms in total. The van der Waals surface area contributed by atoms with Crippen LogP contribution in [0.25, 0.3) is 0 Å². The van der Waals surface area contributed by atoms with Crippen LogP contribution in [0.2, 0.25) is 0 Å². The number of ether oxygens (including phenoxy) is 2. The van der Waals surface area contributed by atoms with Crippen molar-refractivity contribution in [3.8, 4) is 0 Å². The van der Waals surface area contributed by atoms with E-state index in [1.807, 2.05) is 0 Å². The van der Waals surface area contributed by atoms with Crippen molar-refractivity contribution >= 4 is 0 Å². The topological polar surface area (TPSA) is 30.5 Å². The molecule has 1 saturated carbocycles. The zero-order chi connectivity index (χ0) is 14.0. The van der Waals surface area contributed by atoms with Crippen molar-refractivity contribution in [2.45, 2.75) is 76.5 Å².